The zero-order chi connectivity index (χ0) is 18.4. The molecule has 0 aliphatic carbocycles. The molecule has 0 saturated carbocycles. The molecule has 0 aromatic carbocycles. The number of carbonyl (C=O) groups excluding carboxylic acids is 2. The van der Waals surface area contributed by atoms with Gasteiger partial charge in [0, 0.05) is 20.5 Å². The van der Waals surface area contributed by atoms with Gasteiger partial charge in [-0.2, -0.15) is 8.75 Å². The number of anilines is 2. The number of ether oxygens (including phenoxy) is 2. The molecule has 0 atom stereocenters. The van der Waals surface area contributed by atoms with Gasteiger partial charge in [-0.05, 0) is 36.9 Å². The first-order valence-corrected chi connectivity index (χ1v) is 9.16. The minimum Gasteiger partial charge on any atom is -0.462 e. The van der Waals surface area contributed by atoms with Crippen molar-refractivity contribution in [3.8, 4) is 0 Å². The Morgan fingerprint density at radius 2 is 1.28 bits per heavy atom. The lowest BCUT2D eigenvalue weighted by Crippen LogP contribution is -2.13. The highest BCUT2D eigenvalue weighted by atomic mass is 32.1. The van der Waals surface area contributed by atoms with Crippen LogP contribution in [0.15, 0.2) is 0 Å². The maximum atomic E-state index is 12.1. The van der Waals surface area contributed by atoms with Crippen LogP contribution < -0.4 is 10.6 Å². The first-order valence-electron chi connectivity index (χ1n) is 7.61. The van der Waals surface area contributed by atoms with Gasteiger partial charge >= 0.3 is 11.9 Å². The number of carbonyl (C=O) groups is 2. The minimum atomic E-state index is -0.433. The smallest absolute Gasteiger partial charge is 0.343 e. The largest absolute Gasteiger partial charge is 0.462 e. The summed E-state index contributed by atoms with van der Waals surface area (Å²) in [7, 11) is 3.45. The van der Waals surface area contributed by atoms with Crippen LogP contribution in [0, 0.1) is 13.8 Å². The molecule has 136 valence electrons. The topological polar surface area (TPSA) is 102 Å². The van der Waals surface area contributed by atoms with Crippen LogP contribution in [0.3, 0.4) is 0 Å². The fourth-order valence-corrected chi connectivity index (χ4v) is 3.56. The van der Waals surface area contributed by atoms with Crippen molar-refractivity contribution in [3.05, 3.63) is 22.5 Å². The summed E-state index contributed by atoms with van der Waals surface area (Å²) in [5.74, 6) is -0.866. The molecule has 10 heteroatoms. The van der Waals surface area contributed by atoms with Crippen molar-refractivity contribution in [2.45, 2.75) is 20.3 Å². The van der Waals surface area contributed by atoms with Crippen LogP contribution in [0.4, 0.5) is 10.0 Å². The number of rotatable bonds is 8. The summed E-state index contributed by atoms with van der Waals surface area (Å²) in [6.07, 6.45) is 0.411. The molecule has 0 fully saturated rings. The molecule has 25 heavy (non-hydrogen) atoms. The molecular formula is C15H20N4O4S2. The van der Waals surface area contributed by atoms with E-state index in [0.29, 0.717) is 38.9 Å². The van der Waals surface area contributed by atoms with E-state index < -0.39 is 11.9 Å². The van der Waals surface area contributed by atoms with Crippen LogP contribution in [0.1, 0.15) is 38.5 Å². The summed E-state index contributed by atoms with van der Waals surface area (Å²) in [6, 6.07) is 0. The van der Waals surface area contributed by atoms with Crippen molar-refractivity contribution in [3.63, 3.8) is 0 Å². The monoisotopic (exact) mass is 384 g/mol. The van der Waals surface area contributed by atoms with Crippen LogP contribution in [0.5, 0.6) is 0 Å². The van der Waals surface area contributed by atoms with Gasteiger partial charge in [-0.25, -0.2) is 9.59 Å². The zero-order valence-electron chi connectivity index (χ0n) is 14.5. The third-order valence-corrected chi connectivity index (χ3v) is 5.25. The predicted molar refractivity (Wildman–Crippen MR) is 98.0 cm³/mol. The summed E-state index contributed by atoms with van der Waals surface area (Å²) in [6.45, 7) is 3.83. The molecule has 0 aliphatic rings. The molecule has 0 bridgehead atoms. The highest BCUT2D eigenvalue weighted by Crippen LogP contribution is 2.25. The molecule has 8 nitrogen and oxygen atoms in total. The number of hydrogen-bond donors (Lipinski definition) is 2. The lowest BCUT2D eigenvalue weighted by molar-refractivity contribution is 0.0397. The van der Waals surface area contributed by atoms with Gasteiger partial charge in [0.25, 0.3) is 0 Å². The number of nitrogens with zero attached hydrogens (tertiary/aromatic N) is 2. The normalized spacial score (nSPS) is 10.4. The highest BCUT2D eigenvalue weighted by Gasteiger charge is 2.20. The van der Waals surface area contributed by atoms with Crippen LogP contribution in [-0.2, 0) is 9.47 Å². The second-order valence-corrected chi connectivity index (χ2v) is 6.62. The molecule has 0 radical (unpaired) electrons. The second kappa shape index (κ2) is 8.77. The number of esters is 2. The number of nitrogens with one attached hydrogen (secondary N) is 2. The van der Waals surface area contributed by atoms with Crippen LogP contribution >= 0.6 is 23.1 Å². The number of aromatic nitrogens is 2. The predicted octanol–water partition coefficient (Wildman–Crippen LogP) is 2.70. The SMILES string of the molecule is CNc1snc(C)c1C(=O)OCCCOC(=O)c1c(C)nsc1NC. The fourth-order valence-electron chi connectivity index (χ4n) is 2.09. The Kier molecular flexibility index (Phi) is 6.71. The Morgan fingerprint density at radius 3 is 1.64 bits per heavy atom. The molecule has 0 aliphatic heterocycles. The summed E-state index contributed by atoms with van der Waals surface area (Å²) >= 11 is 2.43. The minimum absolute atomic E-state index is 0.157. The highest BCUT2D eigenvalue weighted by molar-refractivity contribution is 7.11. The van der Waals surface area contributed by atoms with E-state index >= 15 is 0 Å². The quantitative estimate of drug-likeness (QED) is 0.529. The van der Waals surface area contributed by atoms with E-state index in [1.165, 1.54) is 23.1 Å². The van der Waals surface area contributed by atoms with E-state index in [4.69, 9.17) is 9.47 Å². The average Bonchev–Trinajstić information content (AvgIpc) is 3.16. The van der Waals surface area contributed by atoms with Gasteiger partial charge in [0.15, 0.2) is 0 Å². The Labute approximate surface area is 153 Å². The molecule has 2 aromatic heterocycles. The van der Waals surface area contributed by atoms with Gasteiger partial charge in [0.2, 0.25) is 0 Å². The molecule has 0 saturated heterocycles. The van der Waals surface area contributed by atoms with Crippen LogP contribution in [0.2, 0.25) is 0 Å². The van der Waals surface area contributed by atoms with E-state index in [1.807, 2.05) is 0 Å². The lowest BCUT2D eigenvalue weighted by atomic mass is 10.2. The van der Waals surface area contributed by atoms with E-state index in [0.717, 1.165) is 0 Å². The second-order valence-electron chi connectivity index (χ2n) is 5.07. The van der Waals surface area contributed by atoms with Gasteiger partial charge in [-0.1, -0.05) is 0 Å². The van der Waals surface area contributed by atoms with Gasteiger partial charge in [0.05, 0.1) is 24.6 Å². The lowest BCUT2D eigenvalue weighted by Gasteiger charge is -2.07. The molecule has 2 aromatic rings. The average molecular weight is 384 g/mol. The molecule has 0 spiro atoms. The van der Waals surface area contributed by atoms with Gasteiger partial charge in [-0.15, -0.1) is 0 Å². The Bertz CT molecular complexity index is 695. The standard InChI is InChI=1S/C15H20N4O4S2/c1-8-10(12(16-3)24-18-8)14(20)22-6-5-7-23-15(21)11-9(2)19-25-13(11)17-4/h16-17H,5-7H2,1-4H3. The summed E-state index contributed by atoms with van der Waals surface area (Å²) in [5, 5.41) is 7.19. The van der Waals surface area contributed by atoms with Crippen molar-refractivity contribution >= 4 is 45.0 Å². The van der Waals surface area contributed by atoms with Crippen LogP contribution in [-0.4, -0.2) is 48.0 Å². The molecule has 2 N–H and O–H groups in total. The Hall–Kier alpha value is -2.20. The number of hydrogen-bond acceptors (Lipinski definition) is 10. The summed E-state index contributed by atoms with van der Waals surface area (Å²) < 4.78 is 18.7. The molecule has 0 unspecified atom stereocenters. The first-order chi connectivity index (χ1) is 12.0. The van der Waals surface area contributed by atoms with Crippen molar-refractivity contribution in [1.82, 2.24) is 8.75 Å². The summed E-state index contributed by atoms with van der Waals surface area (Å²) in [5.41, 5.74) is 2.16. The Balaban J connectivity index is 1.78. The maximum absolute atomic E-state index is 12.1. The molecule has 2 rings (SSSR count). The van der Waals surface area contributed by atoms with Crippen molar-refractivity contribution in [1.29, 1.82) is 0 Å². The molecular weight excluding hydrogens is 364 g/mol. The Morgan fingerprint density at radius 1 is 0.880 bits per heavy atom. The van der Waals surface area contributed by atoms with Gasteiger partial charge < -0.3 is 20.1 Å². The van der Waals surface area contributed by atoms with E-state index in [-0.39, 0.29) is 13.2 Å². The molecule has 0 amide bonds. The van der Waals surface area contributed by atoms with E-state index in [2.05, 4.69) is 19.4 Å². The first kappa shape index (κ1) is 19.1. The number of aryl methyl sites for hydroxylation is 2. The van der Waals surface area contributed by atoms with Gasteiger partial charge in [0.1, 0.15) is 21.1 Å². The van der Waals surface area contributed by atoms with Crippen LogP contribution in [0.25, 0.3) is 0 Å². The third-order valence-electron chi connectivity index (χ3n) is 3.34. The van der Waals surface area contributed by atoms with Crippen molar-refractivity contribution < 1.29 is 19.1 Å². The maximum Gasteiger partial charge on any atom is 0.343 e. The van der Waals surface area contributed by atoms with E-state index in [1.54, 1.807) is 27.9 Å². The zero-order valence-corrected chi connectivity index (χ0v) is 16.1. The fraction of sp³-hybridized carbons (Fsp3) is 0.467. The van der Waals surface area contributed by atoms with E-state index in [9.17, 15) is 9.59 Å². The van der Waals surface area contributed by atoms with Gasteiger partial charge in [-0.3, -0.25) is 0 Å². The summed E-state index contributed by atoms with van der Waals surface area (Å²) in [4.78, 5) is 24.2. The third kappa shape index (κ3) is 4.45. The van der Waals surface area contributed by atoms with Crippen molar-refractivity contribution in [2.24, 2.45) is 0 Å². The van der Waals surface area contributed by atoms with Crippen molar-refractivity contribution in [2.75, 3.05) is 37.9 Å². The molecule has 2 heterocycles.